The third-order valence-electron chi connectivity index (χ3n) is 5.53. The number of amides is 1. The lowest BCUT2D eigenvalue weighted by Gasteiger charge is -2.26. The van der Waals surface area contributed by atoms with Crippen molar-refractivity contribution in [3.63, 3.8) is 0 Å². The Bertz CT molecular complexity index is 1330. The fourth-order valence-electron chi connectivity index (χ4n) is 3.76. The quantitative estimate of drug-likeness (QED) is 0.422. The maximum Gasteiger partial charge on any atom is 0.264 e. The van der Waals surface area contributed by atoms with Crippen LogP contribution in [0, 0.1) is 0 Å². The van der Waals surface area contributed by atoms with E-state index in [0.717, 1.165) is 16.9 Å². The highest BCUT2D eigenvalue weighted by molar-refractivity contribution is 6.02. The van der Waals surface area contributed by atoms with Gasteiger partial charge in [-0.1, -0.05) is 30.3 Å². The van der Waals surface area contributed by atoms with Gasteiger partial charge in [0.05, 0.1) is 23.3 Å². The minimum absolute atomic E-state index is 0.00372. The van der Waals surface area contributed by atoms with Gasteiger partial charge in [-0.25, -0.2) is 4.68 Å². The van der Waals surface area contributed by atoms with Crippen LogP contribution in [-0.2, 0) is 4.79 Å². The number of rotatable bonds is 6. The number of para-hydroxylation sites is 2. The van der Waals surface area contributed by atoms with E-state index in [9.17, 15) is 9.59 Å². The van der Waals surface area contributed by atoms with Gasteiger partial charge in [-0.2, -0.15) is 5.10 Å². The number of nitrogens with zero attached hydrogens (tertiary/aromatic N) is 3. The summed E-state index contributed by atoms with van der Waals surface area (Å²) in [4.78, 5) is 26.3. The number of ketones is 1. The molecule has 164 valence electrons. The van der Waals surface area contributed by atoms with E-state index >= 15 is 0 Å². The van der Waals surface area contributed by atoms with Crippen LogP contribution in [0.25, 0.3) is 16.9 Å². The van der Waals surface area contributed by atoms with E-state index in [1.165, 1.54) is 4.90 Å². The van der Waals surface area contributed by atoms with Crippen molar-refractivity contribution in [3.8, 4) is 28.4 Å². The van der Waals surface area contributed by atoms with Gasteiger partial charge in [-0.3, -0.25) is 9.59 Å². The van der Waals surface area contributed by atoms with Crippen LogP contribution >= 0.6 is 0 Å². The molecule has 0 radical (unpaired) electrons. The Hall–Kier alpha value is -4.39. The van der Waals surface area contributed by atoms with Crippen LogP contribution in [0.1, 0.15) is 10.4 Å². The molecule has 0 saturated heterocycles. The summed E-state index contributed by atoms with van der Waals surface area (Å²) in [5.41, 5.74) is 3.64. The zero-order valence-corrected chi connectivity index (χ0v) is 18.0. The second kappa shape index (κ2) is 8.63. The number of likely N-dealkylation sites (N-methyl/N-ethyl adjacent to an activating group) is 1. The van der Waals surface area contributed by atoms with Gasteiger partial charge in [-0.15, -0.1) is 0 Å². The summed E-state index contributed by atoms with van der Waals surface area (Å²) in [6.07, 6.45) is 1.73. The summed E-state index contributed by atoms with van der Waals surface area (Å²) < 4.78 is 13.2. The van der Waals surface area contributed by atoms with Crippen molar-refractivity contribution in [2.75, 3.05) is 25.2 Å². The molecule has 1 aliphatic rings. The van der Waals surface area contributed by atoms with E-state index in [1.807, 2.05) is 65.3 Å². The van der Waals surface area contributed by atoms with E-state index < -0.39 is 0 Å². The second-order valence-corrected chi connectivity index (χ2v) is 7.60. The number of hydrogen-bond donors (Lipinski definition) is 0. The third kappa shape index (κ3) is 3.96. The van der Waals surface area contributed by atoms with E-state index in [4.69, 9.17) is 9.47 Å². The fourth-order valence-corrected chi connectivity index (χ4v) is 3.76. The molecule has 1 aliphatic heterocycles. The number of carbonyl (C=O) groups is 2. The van der Waals surface area contributed by atoms with Crippen LogP contribution in [0.3, 0.4) is 0 Å². The first-order valence-electron chi connectivity index (χ1n) is 10.5. The monoisotopic (exact) mass is 439 g/mol. The largest absolute Gasteiger partial charge is 0.485 e. The smallest absolute Gasteiger partial charge is 0.264 e. The average Bonchev–Trinajstić information content (AvgIpc) is 3.35. The van der Waals surface area contributed by atoms with Gasteiger partial charge in [0.25, 0.3) is 5.91 Å². The van der Waals surface area contributed by atoms with Crippen molar-refractivity contribution >= 4 is 17.4 Å². The molecule has 0 fully saturated rings. The zero-order chi connectivity index (χ0) is 22.8. The Morgan fingerprint density at radius 3 is 2.67 bits per heavy atom. The van der Waals surface area contributed by atoms with Crippen LogP contribution in [0.2, 0.25) is 0 Å². The third-order valence-corrected chi connectivity index (χ3v) is 5.53. The average molecular weight is 439 g/mol. The number of hydrogen-bond acceptors (Lipinski definition) is 5. The summed E-state index contributed by atoms with van der Waals surface area (Å²) in [5, 5.41) is 4.45. The van der Waals surface area contributed by atoms with Crippen molar-refractivity contribution in [1.29, 1.82) is 0 Å². The molecular formula is C26H21N3O4. The van der Waals surface area contributed by atoms with Crippen molar-refractivity contribution in [1.82, 2.24) is 9.78 Å². The first-order chi connectivity index (χ1) is 16.1. The topological polar surface area (TPSA) is 73.7 Å². The molecule has 5 rings (SSSR count). The number of ether oxygens (including phenoxy) is 2. The molecule has 0 atom stereocenters. The first-order valence-corrected chi connectivity index (χ1v) is 10.5. The van der Waals surface area contributed by atoms with Crippen LogP contribution in [-0.4, -0.2) is 41.7 Å². The highest BCUT2D eigenvalue weighted by atomic mass is 16.5. The molecule has 0 bridgehead atoms. The van der Waals surface area contributed by atoms with Crippen molar-refractivity contribution in [2.24, 2.45) is 0 Å². The summed E-state index contributed by atoms with van der Waals surface area (Å²) in [5.74, 6) is 0.800. The number of fused-ring (bicyclic) bond motifs is 1. The van der Waals surface area contributed by atoms with Crippen LogP contribution < -0.4 is 14.4 Å². The molecule has 1 amide bonds. The lowest BCUT2D eigenvalue weighted by Crippen LogP contribution is -2.35. The molecule has 33 heavy (non-hydrogen) atoms. The maximum atomic E-state index is 12.9. The number of aromatic nitrogens is 2. The fraction of sp³-hybridized carbons (Fsp3) is 0.115. The Morgan fingerprint density at radius 1 is 1.03 bits per heavy atom. The SMILES string of the molecule is CN1C(=O)COc2ccc(C(=O)COc3ccccc3-c3ccnn3-c3ccccc3)cc21. The summed E-state index contributed by atoms with van der Waals surface area (Å²) in [6.45, 7) is -0.149. The van der Waals surface area contributed by atoms with Crippen molar-refractivity contribution < 1.29 is 19.1 Å². The van der Waals surface area contributed by atoms with E-state index in [-0.39, 0.29) is 24.9 Å². The van der Waals surface area contributed by atoms with Crippen LogP contribution in [0.4, 0.5) is 5.69 Å². The second-order valence-electron chi connectivity index (χ2n) is 7.60. The molecule has 0 spiro atoms. The van der Waals surface area contributed by atoms with Crippen LogP contribution in [0.5, 0.6) is 11.5 Å². The van der Waals surface area contributed by atoms with Crippen molar-refractivity contribution in [3.05, 3.63) is 90.6 Å². The summed E-state index contributed by atoms with van der Waals surface area (Å²) >= 11 is 0. The lowest BCUT2D eigenvalue weighted by atomic mass is 10.1. The Labute approximate surface area is 190 Å². The number of anilines is 1. The Balaban J connectivity index is 1.38. The minimum Gasteiger partial charge on any atom is -0.485 e. The normalized spacial score (nSPS) is 12.8. The molecule has 0 N–H and O–H groups in total. The molecule has 7 heteroatoms. The number of Topliss-reactive ketones (excluding diaryl/α,β-unsaturated/α-hetero) is 1. The molecule has 4 aromatic rings. The highest BCUT2D eigenvalue weighted by Gasteiger charge is 2.23. The van der Waals surface area contributed by atoms with E-state index in [0.29, 0.717) is 22.7 Å². The number of benzene rings is 3. The molecule has 0 unspecified atom stereocenters. The lowest BCUT2D eigenvalue weighted by molar-refractivity contribution is -0.120. The van der Waals surface area contributed by atoms with Gasteiger partial charge < -0.3 is 14.4 Å². The predicted molar refractivity (Wildman–Crippen MR) is 124 cm³/mol. The zero-order valence-electron chi connectivity index (χ0n) is 18.0. The van der Waals surface area contributed by atoms with Gasteiger partial charge in [0.15, 0.2) is 19.0 Å². The van der Waals surface area contributed by atoms with E-state index in [1.54, 1.807) is 31.4 Å². The minimum atomic E-state index is -0.199. The maximum absolute atomic E-state index is 12.9. The van der Waals surface area contributed by atoms with Gasteiger partial charge in [0.1, 0.15) is 11.5 Å². The molecule has 1 aromatic heterocycles. The summed E-state index contributed by atoms with van der Waals surface area (Å²) in [7, 11) is 1.67. The van der Waals surface area contributed by atoms with E-state index in [2.05, 4.69) is 5.10 Å². The highest BCUT2D eigenvalue weighted by Crippen LogP contribution is 2.33. The molecule has 0 saturated carbocycles. The first kappa shape index (κ1) is 20.5. The molecule has 7 nitrogen and oxygen atoms in total. The predicted octanol–water partition coefficient (Wildman–Crippen LogP) is 4.16. The van der Waals surface area contributed by atoms with Gasteiger partial charge in [0.2, 0.25) is 0 Å². The Kier molecular flexibility index (Phi) is 5.36. The summed E-state index contributed by atoms with van der Waals surface area (Å²) in [6, 6.07) is 24.3. The van der Waals surface area contributed by atoms with Gasteiger partial charge in [-0.05, 0) is 48.5 Å². The van der Waals surface area contributed by atoms with Gasteiger partial charge >= 0.3 is 0 Å². The standard InChI is InChI=1S/C26H21N3O4/c1-28-22-15-18(11-12-25(22)33-17-26(28)31)23(30)16-32-24-10-6-5-9-20(24)21-13-14-27-29(21)19-7-3-2-4-8-19/h2-15H,16-17H2,1H3. The van der Waals surface area contributed by atoms with Crippen molar-refractivity contribution in [2.45, 2.75) is 0 Å². The molecule has 2 heterocycles. The molecule has 0 aliphatic carbocycles. The molecule has 3 aromatic carbocycles. The Morgan fingerprint density at radius 2 is 1.82 bits per heavy atom. The van der Waals surface area contributed by atoms with Gasteiger partial charge in [0, 0.05) is 18.2 Å². The number of carbonyl (C=O) groups excluding carboxylic acids is 2. The van der Waals surface area contributed by atoms with Crippen LogP contribution in [0.15, 0.2) is 85.1 Å². The molecular weight excluding hydrogens is 418 g/mol.